The second-order valence-electron chi connectivity index (χ2n) is 16.2. The van der Waals surface area contributed by atoms with E-state index in [9.17, 15) is 0 Å². The molecule has 0 fully saturated rings. The van der Waals surface area contributed by atoms with Crippen LogP contribution in [0.1, 0.15) is 65.7 Å². The summed E-state index contributed by atoms with van der Waals surface area (Å²) >= 11 is 0. The lowest BCUT2D eigenvalue weighted by Crippen LogP contribution is -2.15. The minimum atomic E-state index is -0.120. The molecule has 8 aromatic rings. The maximum Gasteiger partial charge on any atom is 0.163 e. The molecule has 7 aromatic carbocycles. The van der Waals surface area contributed by atoms with Crippen molar-refractivity contribution in [2.75, 3.05) is 0 Å². The number of nitrogens with zero attached hydrogens (tertiary/aromatic N) is 3. The monoisotopic (exact) mass is 743 g/mol. The van der Waals surface area contributed by atoms with Crippen molar-refractivity contribution in [2.24, 2.45) is 0 Å². The predicted octanol–water partition coefficient (Wildman–Crippen LogP) is 13.6. The summed E-state index contributed by atoms with van der Waals surface area (Å²) in [5, 5.41) is 0. The zero-order valence-corrected chi connectivity index (χ0v) is 32.6. The highest BCUT2D eigenvalue weighted by molar-refractivity contribution is 5.97. The molecule has 3 heteroatoms. The molecule has 1 aromatic heterocycles. The molecule has 276 valence electrons. The van der Waals surface area contributed by atoms with Gasteiger partial charge >= 0.3 is 0 Å². The van der Waals surface area contributed by atoms with E-state index in [0.717, 1.165) is 34.5 Å². The Balaban J connectivity index is 1.23. The van der Waals surface area contributed by atoms with Crippen LogP contribution in [0.4, 0.5) is 0 Å². The number of rotatable bonds is 6. The average Bonchev–Trinajstić information content (AvgIpc) is 3.75. The Morgan fingerprint density at radius 3 is 1.71 bits per heavy atom. The molecular weight excluding hydrogens is 703 g/mol. The topological polar surface area (TPSA) is 38.7 Å². The first kappa shape index (κ1) is 34.3. The average molecular weight is 744 g/mol. The summed E-state index contributed by atoms with van der Waals surface area (Å²) in [6.07, 6.45) is 9.45. The summed E-state index contributed by atoms with van der Waals surface area (Å²) in [5.41, 5.74) is 18.6. The Morgan fingerprint density at radius 2 is 1.05 bits per heavy atom. The number of fused-ring (bicyclic) bond motifs is 7. The Hall–Kier alpha value is -6.97. The van der Waals surface area contributed by atoms with Crippen molar-refractivity contribution in [3.8, 4) is 67.3 Å². The number of allylic oxidation sites excluding steroid dienone is 4. The van der Waals surface area contributed by atoms with E-state index in [1.807, 2.05) is 18.2 Å². The van der Waals surface area contributed by atoms with Gasteiger partial charge in [0.15, 0.2) is 11.6 Å². The van der Waals surface area contributed by atoms with Gasteiger partial charge in [-0.3, -0.25) is 0 Å². The number of aromatic nitrogens is 3. The van der Waals surface area contributed by atoms with E-state index in [1.54, 1.807) is 0 Å². The quantitative estimate of drug-likeness (QED) is 0.170. The molecule has 3 aliphatic rings. The van der Waals surface area contributed by atoms with Crippen LogP contribution in [0.5, 0.6) is 0 Å². The summed E-state index contributed by atoms with van der Waals surface area (Å²) in [5.74, 6) is 2.18. The normalized spacial score (nSPS) is 16.7. The van der Waals surface area contributed by atoms with E-state index in [0.29, 0.717) is 11.6 Å². The van der Waals surface area contributed by atoms with Gasteiger partial charge in [0, 0.05) is 28.4 Å². The molecule has 58 heavy (non-hydrogen) atoms. The minimum Gasteiger partial charge on any atom is -0.212 e. The van der Waals surface area contributed by atoms with Crippen molar-refractivity contribution < 1.29 is 0 Å². The highest BCUT2D eigenvalue weighted by Gasteiger charge is 2.43. The van der Waals surface area contributed by atoms with E-state index >= 15 is 0 Å². The smallest absolute Gasteiger partial charge is 0.163 e. The van der Waals surface area contributed by atoms with Crippen molar-refractivity contribution in [1.82, 2.24) is 15.0 Å². The molecule has 0 bridgehead atoms. The van der Waals surface area contributed by atoms with Gasteiger partial charge in [0.2, 0.25) is 0 Å². The van der Waals surface area contributed by atoms with Crippen LogP contribution < -0.4 is 0 Å². The third-order valence-corrected chi connectivity index (χ3v) is 12.5. The molecule has 0 saturated heterocycles. The van der Waals surface area contributed by atoms with Crippen LogP contribution in [0.3, 0.4) is 0 Å². The number of benzene rings is 7. The third kappa shape index (κ3) is 5.45. The molecule has 2 atom stereocenters. The van der Waals surface area contributed by atoms with Gasteiger partial charge in [0.05, 0.1) is 0 Å². The van der Waals surface area contributed by atoms with E-state index in [-0.39, 0.29) is 17.3 Å². The van der Waals surface area contributed by atoms with Gasteiger partial charge in [-0.2, -0.15) is 0 Å². The molecule has 1 heterocycles. The lowest BCUT2D eigenvalue weighted by molar-refractivity contribution is 0.660. The molecule has 11 rings (SSSR count). The van der Waals surface area contributed by atoms with E-state index in [4.69, 9.17) is 15.0 Å². The van der Waals surface area contributed by atoms with Gasteiger partial charge in [-0.25, -0.2) is 15.0 Å². The number of hydrogen-bond acceptors (Lipinski definition) is 3. The largest absolute Gasteiger partial charge is 0.212 e. The highest BCUT2D eigenvalue weighted by atomic mass is 15.0. The van der Waals surface area contributed by atoms with Gasteiger partial charge in [0.25, 0.3) is 0 Å². The summed E-state index contributed by atoms with van der Waals surface area (Å²) in [4.78, 5) is 15.7. The zero-order valence-electron chi connectivity index (χ0n) is 32.6. The van der Waals surface area contributed by atoms with Crippen LogP contribution in [0, 0.1) is 0 Å². The van der Waals surface area contributed by atoms with E-state index < -0.39 is 0 Å². The minimum absolute atomic E-state index is 0.0319. The number of hydrogen-bond donors (Lipinski definition) is 0. The maximum absolute atomic E-state index is 5.30. The SMILES string of the molecule is CC1(C)c2ccccc2-c2c1ccc1c2C(c2c(-c3ccccc3)cc(-c3nc(-c4ccccc4)nc(C4C=CC=CC4)n3)cc2-c2ccccc2)c2ccccc2-1. The first-order chi connectivity index (χ1) is 28.5. The van der Waals surface area contributed by atoms with Crippen LogP contribution in [0.25, 0.3) is 67.3 Å². The van der Waals surface area contributed by atoms with Gasteiger partial charge in [-0.05, 0) is 90.9 Å². The molecule has 0 saturated carbocycles. The van der Waals surface area contributed by atoms with Gasteiger partial charge in [-0.15, -0.1) is 0 Å². The van der Waals surface area contributed by atoms with Crippen molar-refractivity contribution in [1.29, 1.82) is 0 Å². The van der Waals surface area contributed by atoms with E-state index in [1.165, 1.54) is 61.2 Å². The van der Waals surface area contributed by atoms with Gasteiger partial charge in [0.1, 0.15) is 5.82 Å². The fourth-order valence-electron chi connectivity index (χ4n) is 9.79. The van der Waals surface area contributed by atoms with Crippen LogP contribution in [0.2, 0.25) is 0 Å². The summed E-state index contributed by atoms with van der Waals surface area (Å²) in [6.45, 7) is 4.76. The fraction of sp³-hybridized carbons (Fsp3) is 0.109. The lowest BCUT2D eigenvalue weighted by atomic mass is 9.76. The molecule has 0 aliphatic heterocycles. The Labute approximate surface area is 340 Å². The molecule has 3 nitrogen and oxygen atoms in total. The first-order valence-corrected chi connectivity index (χ1v) is 20.3. The summed E-state index contributed by atoms with van der Waals surface area (Å²) < 4.78 is 0. The van der Waals surface area contributed by atoms with E-state index in [2.05, 4.69) is 184 Å². The molecule has 3 aliphatic carbocycles. The van der Waals surface area contributed by atoms with Crippen molar-refractivity contribution in [3.05, 3.63) is 222 Å². The van der Waals surface area contributed by atoms with Crippen LogP contribution in [-0.2, 0) is 5.41 Å². The van der Waals surface area contributed by atoms with Crippen molar-refractivity contribution >= 4 is 0 Å². The standard InChI is InChI=1S/C55H41N3/c1-55(2)46-30-18-17-29-43(46)49-47(55)32-31-42-40-27-15-16-28-41(40)50(51(42)49)48-44(35-19-7-3-8-20-35)33-39(34-45(48)36-21-9-4-10-22-36)54-57-52(37-23-11-5-12-24-37)56-53(58-54)38-25-13-6-14-26-38/h3-25,27-34,38,50H,26H2,1-2H3. The van der Waals surface area contributed by atoms with Gasteiger partial charge in [-0.1, -0.05) is 190 Å². The van der Waals surface area contributed by atoms with Crippen LogP contribution in [0.15, 0.2) is 188 Å². The molecule has 0 N–H and O–H groups in total. The fourth-order valence-corrected chi connectivity index (χ4v) is 9.79. The zero-order chi connectivity index (χ0) is 38.8. The molecule has 0 amide bonds. The summed E-state index contributed by atoms with van der Waals surface area (Å²) in [6, 6.07) is 59.7. The molecule has 2 unspecified atom stereocenters. The third-order valence-electron chi connectivity index (χ3n) is 12.5. The Bertz CT molecular complexity index is 2880. The van der Waals surface area contributed by atoms with Crippen molar-refractivity contribution in [3.63, 3.8) is 0 Å². The van der Waals surface area contributed by atoms with Crippen LogP contribution in [-0.4, -0.2) is 15.0 Å². The summed E-state index contributed by atoms with van der Waals surface area (Å²) in [7, 11) is 0. The molecule has 0 spiro atoms. The second kappa shape index (κ2) is 13.6. The van der Waals surface area contributed by atoms with Gasteiger partial charge < -0.3 is 0 Å². The highest BCUT2D eigenvalue weighted by Crippen LogP contribution is 2.60. The first-order valence-electron chi connectivity index (χ1n) is 20.3. The molecular formula is C55H41N3. The lowest BCUT2D eigenvalue weighted by Gasteiger charge is -2.26. The molecule has 0 radical (unpaired) electrons. The second-order valence-corrected chi connectivity index (χ2v) is 16.2. The maximum atomic E-state index is 5.30. The predicted molar refractivity (Wildman–Crippen MR) is 238 cm³/mol. The van der Waals surface area contributed by atoms with Crippen molar-refractivity contribution in [2.45, 2.75) is 37.5 Å². The Kier molecular flexibility index (Phi) is 8.04. The Morgan fingerprint density at radius 1 is 0.466 bits per heavy atom. The van der Waals surface area contributed by atoms with Crippen LogP contribution >= 0.6 is 0 Å².